The van der Waals surface area contributed by atoms with Crippen molar-refractivity contribution in [1.82, 2.24) is 19.8 Å². The number of hydrogen-bond donors (Lipinski definition) is 10. The van der Waals surface area contributed by atoms with Gasteiger partial charge in [0.05, 0.1) is 16.8 Å². The Bertz CT molecular complexity index is 1490. The monoisotopic (exact) mass is 786 g/mol. The van der Waals surface area contributed by atoms with Gasteiger partial charge in [0.1, 0.15) is 42.4 Å². The van der Waals surface area contributed by atoms with E-state index in [0.717, 1.165) is 10.8 Å². The molecule has 21 nitrogen and oxygen atoms in total. The van der Waals surface area contributed by atoms with Gasteiger partial charge in [0.15, 0.2) is 12.5 Å². The van der Waals surface area contributed by atoms with Crippen molar-refractivity contribution >= 4 is 44.1 Å². The third-order valence-electron chi connectivity index (χ3n) is 6.22. The molecule has 24 heteroatoms. The summed E-state index contributed by atoms with van der Waals surface area (Å²) in [6.45, 7) is 3.75. The number of phosphoric acid groups is 2. The predicted octanol–water partition coefficient (Wildman–Crippen LogP) is -3.70. The molecule has 1 aromatic rings. The first kappa shape index (κ1) is 36.6. The number of hydrogen-bond acceptors (Lipinski definition) is 14. The number of amides is 1. The zero-order chi connectivity index (χ0) is 33.3. The summed E-state index contributed by atoms with van der Waals surface area (Å²) in [6.07, 6.45) is -8.19. The van der Waals surface area contributed by atoms with Crippen LogP contribution in [0.3, 0.4) is 0 Å². The van der Waals surface area contributed by atoms with E-state index in [9.17, 15) is 43.9 Å². The van der Waals surface area contributed by atoms with E-state index < -0.39 is 89.2 Å². The quantitative estimate of drug-likeness (QED) is 0.0895. The number of aliphatic hydroxyl groups is 4. The molecule has 8 atom stereocenters. The normalized spacial score (nSPS) is 31.0. The molecule has 0 aromatic carbocycles. The molecule has 2 saturated heterocycles. The highest BCUT2D eigenvalue weighted by Gasteiger charge is 2.47. The SMILES string of the molecule is C=C1NC(=O)C(I)=CN1[C@@H]1O[C@H](COP(=O)(O)O)[C@@H](O)[C@H]1O.Cc1cn([C@@H]2O[C@H](COP(=O)(O)O)[C@@H](O)[C@H]2O)c(=O)[nH]c1=O. The van der Waals surface area contributed by atoms with Crippen molar-refractivity contribution < 1.29 is 72.4 Å². The Hall–Kier alpha value is -1.86. The fourth-order valence-corrected chi connectivity index (χ4v) is 5.17. The van der Waals surface area contributed by atoms with Gasteiger partial charge >= 0.3 is 21.3 Å². The molecular formula is C20H29IN4O17P2. The van der Waals surface area contributed by atoms with E-state index in [-0.39, 0.29) is 17.3 Å². The minimum Gasteiger partial charge on any atom is -0.387 e. The first-order valence-electron chi connectivity index (χ1n) is 12.1. The van der Waals surface area contributed by atoms with Crippen molar-refractivity contribution in [3.05, 3.63) is 54.8 Å². The van der Waals surface area contributed by atoms with Gasteiger partial charge in [-0.25, -0.2) is 13.9 Å². The Balaban J connectivity index is 0.000000240. The maximum absolute atomic E-state index is 11.7. The second-order valence-electron chi connectivity index (χ2n) is 9.43. The maximum atomic E-state index is 11.7. The number of aromatic nitrogens is 2. The third-order valence-corrected chi connectivity index (χ3v) is 7.96. The third kappa shape index (κ3) is 9.11. The summed E-state index contributed by atoms with van der Waals surface area (Å²) < 4.78 is 41.6. The maximum Gasteiger partial charge on any atom is 0.469 e. The topological polar surface area (TPSA) is 320 Å². The van der Waals surface area contributed by atoms with Crippen LogP contribution in [0, 0.1) is 6.92 Å². The van der Waals surface area contributed by atoms with E-state index in [1.807, 2.05) is 4.98 Å². The van der Waals surface area contributed by atoms with E-state index in [4.69, 9.17) is 29.0 Å². The highest BCUT2D eigenvalue weighted by Crippen LogP contribution is 2.39. The van der Waals surface area contributed by atoms with Crippen LogP contribution < -0.4 is 16.6 Å². The van der Waals surface area contributed by atoms with Crippen LogP contribution in [0.25, 0.3) is 0 Å². The molecular weight excluding hydrogens is 757 g/mol. The van der Waals surface area contributed by atoms with Gasteiger partial charge in [-0.2, -0.15) is 0 Å². The van der Waals surface area contributed by atoms with Crippen molar-refractivity contribution in [2.45, 2.75) is 56.0 Å². The van der Waals surface area contributed by atoms with Gasteiger partial charge in [-0.15, -0.1) is 0 Å². The number of aryl methyl sites for hydroxylation is 1. The van der Waals surface area contributed by atoms with Gasteiger partial charge in [0.2, 0.25) is 0 Å². The molecule has 0 unspecified atom stereocenters. The number of nitrogens with one attached hydrogen (secondary N) is 2. The average molecular weight is 786 g/mol. The van der Waals surface area contributed by atoms with Gasteiger partial charge < -0.3 is 59.7 Å². The van der Waals surface area contributed by atoms with Gasteiger partial charge in [-0.3, -0.25) is 28.2 Å². The fraction of sp³-hybridized carbons (Fsp3) is 0.550. The van der Waals surface area contributed by atoms with Gasteiger partial charge in [0.25, 0.3) is 11.5 Å². The number of ether oxygens (including phenoxy) is 2. The summed E-state index contributed by atoms with van der Waals surface area (Å²) in [6, 6.07) is 0. The first-order valence-corrected chi connectivity index (χ1v) is 16.3. The molecule has 4 rings (SSSR count). The van der Waals surface area contributed by atoms with Crippen molar-refractivity contribution in [2.75, 3.05) is 13.2 Å². The van der Waals surface area contributed by atoms with Crippen molar-refractivity contribution in [1.29, 1.82) is 0 Å². The summed E-state index contributed by atoms with van der Waals surface area (Å²) in [4.78, 5) is 72.4. The van der Waals surface area contributed by atoms with Gasteiger partial charge in [-0.1, -0.05) is 6.58 Å². The number of aliphatic hydroxyl groups excluding tert-OH is 4. The lowest BCUT2D eigenvalue weighted by Gasteiger charge is -2.33. The molecule has 3 aliphatic heterocycles. The molecule has 1 amide bonds. The lowest BCUT2D eigenvalue weighted by Crippen LogP contribution is -2.47. The molecule has 44 heavy (non-hydrogen) atoms. The minimum absolute atomic E-state index is 0.137. The first-order chi connectivity index (χ1) is 20.2. The smallest absolute Gasteiger partial charge is 0.387 e. The summed E-state index contributed by atoms with van der Waals surface area (Å²) in [7, 11) is -9.49. The van der Waals surface area contributed by atoms with Crippen LogP contribution in [-0.2, 0) is 32.4 Å². The number of carbonyl (C=O) groups is 1. The molecule has 0 aliphatic carbocycles. The van der Waals surface area contributed by atoms with E-state index in [2.05, 4.69) is 20.9 Å². The second-order valence-corrected chi connectivity index (χ2v) is 13.1. The van der Waals surface area contributed by atoms with Crippen molar-refractivity contribution in [2.24, 2.45) is 0 Å². The summed E-state index contributed by atoms with van der Waals surface area (Å²) in [5.41, 5.74) is -1.28. The van der Waals surface area contributed by atoms with Gasteiger partial charge in [0, 0.05) is 18.0 Å². The molecule has 4 heterocycles. The number of phosphoric ester groups is 2. The lowest BCUT2D eigenvalue weighted by molar-refractivity contribution is -0.118. The highest BCUT2D eigenvalue weighted by molar-refractivity contribution is 14.1. The van der Waals surface area contributed by atoms with E-state index in [1.54, 1.807) is 22.6 Å². The second kappa shape index (κ2) is 14.3. The Kier molecular flexibility index (Phi) is 11.9. The molecule has 1 aromatic heterocycles. The number of halogens is 1. The largest absolute Gasteiger partial charge is 0.469 e. The van der Waals surface area contributed by atoms with Crippen LogP contribution in [0.5, 0.6) is 0 Å². The van der Waals surface area contributed by atoms with Crippen LogP contribution in [-0.4, -0.2) is 116 Å². The Morgan fingerprint density at radius 3 is 1.89 bits per heavy atom. The van der Waals surface area contributed by atoms with Crippen molar-refractivity contribution in [3.63, 3.8) is 0 Å². The minimum atomic E-state index is -4.77. The molecule has 3 aliphatic rings. The molecule has 0 bridgehead atoms. The van der Waals surface area contributed by atoms with Gasteiger partial charge in [-0.05, 0) is 29.5 Å². The van der Waals surface area contributed by atoms with Crippen molar-refractivity contribution in [3.8, 4) is 0 Å². The predicted molar refractivity (Wildman–Crippen MR) is 150 cm³/mol. The molecule has 0 radical (unpaired) electrons. The molecule has 10 N–H and O–H groups in total. The number of nitrogens with zero attached hydrogens (tertiary/aromatic N) is 2. The zero-order valence-corrected chi connectivity index (χ0v) is 26.3. The summed E-state index contributed by atoms with van der Waals surface area (Å²) in [5, 5.41) is 42.1. The lowest BCUT2D eigenvalue weighted by atomic mass is 10.1. The van der Waals surface area contributed by atoms with E-state index in [1.165, 1.54) is 18.0 Å². The van der Waals surface area contributed by atoms with Crippen LogP contribution in [0.15, 0.2) is 38.0 Å². The van der Waals surface area contributed by atoms with Crippen LogP contribution in [0.1, 0.15) is 11.8 Å². The highest BCUT2D eigenvalue weighted by atomic mass is 127. The van der Waals surface area contributed by atoms with E-state index in [0.29, 0.717) is 3.58 Å². The molecule has 2 fully saturated rings. The zero-order valence-electron chi connectivity index (χ0n) is 22.3. The summed E-state index contributed by atoms with van der Waals surface area (Å²) in [5.74, 6) is -0.227. The molecule has 248 valence electrons. The number of rotatable bonds is 8. The molecule has 0 saturated carbocycles. The Labute approximate surface area is 259 Å². The number of H-pyrrole nitrogens is 1. The van der Waals surface area contributed by atoms with Crippen LogP contribution in [0.2, 0.25) is 0 Å². The number of carbonyl (C=O) groups excluding carboxylic acids is 1. The summed E-state index contributed by atoms with van der Waals surface area (Å²) >= 11 is 1.78. The molecule has 0 spiro atoms. The van der Waals surface area contributed by atoms with Crippen LogP contribution in [0.4, 0.5) is 0 Å². The Morgan fingerprint density at radius 1 is 0.909 bits per heavy atom. The number of aromatic amines is 1. The standard InChI is InChI=1S/C10H14IN2O8P.C10H15N2O9P/c1-4-12-9(16)5(11)2-13(4)10-8(15)7(14)6(21-10)3-20-22(17,18)19;1-4-2-12(10(16)11-8(4)15)9-7(14)6(13)5(21-9)3-20-22(17,18)19/h2,6-8,10,14-15H,1,3H2,(H,12,16)(H2,17,18,19);2,5-7,9,13-14H,3H2,1H3,(H,11,15,16)(H2,17,18,19)/t6-,7-,8-,10-;5-,6-,7-,9-/m11/s1. The van der Waals surface area contributed by atoms with Crippen LogP contribution >= 0.6 is 38.2 Å². The van der Waals surface area contributed by atoms with E-state index >= 15 is 0 Å². The Morgan fingerprint density at radius 2 is 1.39 bits per heavy atom. The average Bonchev–Trinajstić information content (AvgIpc) is 3.35. The fourth-order valence-electron chi connectivity index (χ4n) is 4.05.